The lowest BCUT2D eigenvalue weighted by Gasteiger charge is -2.36. The summed E-state index contributed by atoms with van der Waals surface area (Å²) in [5.74, 6) is 0.0823. The minimum Gasteiger partial charge on any atom is -0.386 e. The first-order valence-corrected chi connectivity index (χ1v) is 6.01. The first-order chi connectivity index (χ1) is 7.60. The van der Waals surface area contributed by atoms with Gasteiger partial charge in [-0.15, -0.1) is 0 Å². The van der Waals surface area contributed by atoms with Crippen molar-refractivity contribution in [3.63, 3.8) is 0 Å². The van der Waals surface area contributed by atoms with Crippen LogP contribution in [-0.4, -0.2) is 24.0 Å². The summed E-state index contributed by atoms with van der Waals surface area (Å²) < 4.78 is 0. The molecule has 1 rings (SSSR count). The molecule has 0 aromatic rings. The molecular weight excluding hydrogens is 204 g/mol. The van der Waals surface area contributed by atoms with Gasteiger partial charge in [-0.1, -0.05) is 26.2 Å². The second-order valence-electron chi connectivity index (χ2n) is 4.44. The minimum atomic E-state index is -0.601. The van der Waals surface area contributed by atoms with E-state index in [0.29, 0.717) is 6.54 Å². The molecule has 92 valence electrons. The number of hydrogen-bond donors (Lipinski definition) is 4. The molecule has 0 radical (unpaired) electrons. The maximum absolute atomic E-state index is 11.6. The Morgan fingerprint density at radius 2 is 2.00 bits per heavy atom. The van der Waals surface area contributed by atoms with Crippen LogP contribution in [0.3, 0.4) is 0 Å². The van der Waals surface area contributed by atoms with Gasteiger partial charge in [0.1, 0.15) is 5.84 Å². The van der Waals surface area contributed by atoms with Crippen molar-refractivity contribution in [2.24, 2.45) is 5.73 Å². The third kappa shape index (κ3) is 3.12. The molecule has 0 bridgehead atoms. The highest BCUT2D eigenvalue weighted by atomic mass is 16.2. The van der Waals surface area contributed by atoms with Gasteiger partial charge in [0.25, 0.3) is 0 Å². The van der Waals surface area contributed by atoms with E-state index in [1.54, 1.807) is 0 Å². The van der Waals surface area contributed by atoms with Gasteiger partial charge in [-0.05, 0) is 19.3 Å². The molecule has 0 aromatic carbocycles. The highest BCUT2D eigenvalue weighted by Gasteiger charge is 2.36. The number of urea groups is 1. The average molecular weight is 226 g/mol. The molecule has 1 saturated carbocycles. The molecule has 0 unspecified atom stereocenters. The van der Waals surface area contributed by atoms with Gasteiger partial charge in [-0.2, -0.15) is 0 Å². The largest absolute Gasteiger partial charge is 0.386 e. The first-order valence-electron chi connectivity index (χ1n) is 6.01. The van der Waals surface area contributed by atoms with Crippen LogP contribution in [0.4, 0.5) is 4.79 Å². The molecular formula is C11H22N4O. The standard InChI is InChI=1S/C11H22N4O/c1-2-8-14-10(16)15-11(9(12)13)6-4-3-5-7-11/h2-8H2,1H3,(H3,12,13)(H2,14,15,16). The van der Waals surface area contributed by atoms with Crippen molar-refractivity contribution in [3.8, 4) is 0 Å². The van der Waals surface area contributed by atoms with Gasteiger partial charge in [0, 0.05) is 6.54 Å². The molecule has 16 heavy (non-hydrogen) atoms. The normalized spacial score (nSPS) is 18.8. The van der Waals surface area contributed by atoms with Crippen LogP contribution < -0.4 is 16.4 Å². The van der Waals surface area contributed by atoms with Crippen molar-refractivity contribution in [2.45, 2.75) is 51.0 Å². The molecule has 0 aliphatic heterocycles. The van der Waals surface area contributed by atoms with Crippen LogP contribution >= 0.6 is 0 Å². The molecule has 1 fully saturated rings. The molecule has 1 aliphatic rings. The fraction of sp³-hybridized carbons (Fsp3) is 0.818. The third-order valence-electron chi connectivity index (χ3n) is 3.11. The number of rotatable bonds is 4. The monoisotopic (exact) mass is 226 g/mol. The number of nitrogens with two attached hydrogens (primary N) is 1. The van der Waals surface area contributed by atoms with Crippen molar-refractivity contribution in [3.05, 3.63) is 0 Å². The first kappa shape index (κ1) is 12.8. The smallest absolute Gasteiger partial charge is 0.315 e. The Bertz CT molecular complexity index is 259. The van der Waals surface area contributed by atoms with E-state index in [9.17, 15) is 4.79 Å². The van der Waals surface area contributed by atoms with Crippen LogP contribution in [-0.2, 0) is 0 Å². The fourth-order valence-electron chi connectivity index (χ4n) is 2.12. The maximum Gasteiger partial charge on any atom is 0.315 e. The Morgan fingerprint density at radius 1 is 1.38 bits per heavy atom. The number of amidine groups is 1. The summed E-state index contributed by atoms with van der Waals surface area (Å²) in [6, 6.07) is -0.209. The van der Waals surface area contributed by atoms with E-state index in [1.165, 1.54) is 0 Å². The van der Waals surface area contributed by atoms with Crippen molar-refractivity contribution in [2.75, 3.05) is 6.54 Å². The molecule has 5 nitrogen and oxygen atoms in total. The second-order valence-corrected chi connectivity index (χ2v) is 4.44. The lowest BCUT2D eigenvalue weighted by molar-refractivity contribution is 0.224. The molecule has 0 atom stereocenters. The average Bonchev–Trinajstić information content (AvgIpc) is 2.27. The summed E-state index contributed by atoms with van der Waals surface area (Å²) in [4.78, 5) is 11.6. The van der Waals surface area contributed by atoms with Crippen LogP contribution in [0.1, 0.15) is 45.4 Å². The highest BCUT2D eigenvalue weighted by Crippen LogP contribution is 2.27. The zero-order chi connectivity index (χ0) is 12.0. The summed E-state index contributed by atoms with van der Waals surface area (Å²) in [5.41, 5.74) is 5.02. The van der Waals surface area contributed by atoms with E-state index in [1.807, 2.05) is 6.92 Å². The van der Waals surface area contributed by atoms with Crippen LogP contribution in [0.5, 0.6) is 0 Å². The Kier molecular flexibility index (Phi) is 4.58. The third-order valence-corrected chi connectivity index (χ3v) is 3.11. The SMILES string of the molecule is CCCNC(=O)NC1(C(=N)N)CCCCC1. The van der Waals surface area contributed by atoms with Gasteiger partial charge in [-0.3, -0.25) is 5.41 Å². The molecule has 2 amide bonds. The van der Waals surface area contributed by atoms with Crippen molar-refractivity contribution in [1.82, 2.24) is 10.6 Å². The minimum absolute atomic E-state index is 0.0823. The van der Waals surface area contributed by atoms with Gasteiger partial charge >= 0.3 is 6.03 Å². The van der Waals surface area contributed by atoms with E-state index >= 15 is 0 Å². The fourth-order valence-corrected chi connectivity index (χ4v) is 2.12. The molecule has 0 aromatic heterocycles. The van der Waals surface area contributed by atoms with Crippen molar-refractivity contribution in [1.29, 1.82) is 5.41 Å². The highest BCUT2D eigenvalue weighted by molar-refractivity contribution is 5.91. The van der Waals surface area contributed by atoms with Crippen LogP contribution in [0.2, 0.25) is 0 Å². The van der Waals surface area contributed by atoms with Crippen molar-refractivity contribution >= 4 is 11.9 Å². The van der Waals surface area contributed by atoms with Gasteiger partial charge < -0.3 is 16.4 Å². The quantitative estimate of drug-likeness (QED) is 0.430. The van der Waals surface area contributed by atoms with E-state index in [4.69, 9.17) is 11.1 Å². The maximum atomic E-state index is 11.6. The molecule has 5 N–H and O–H groups in total. The Morgan fingerprint density at radius 3 is 2.50 bits per heavy atom. The lowest BCUT2D eigenvalue weighted by atomic mass is 9.81. The number of hydrogen-bond acceptors (Lipinski definition) is 2. The molecule has 5 heteroatoms. The number of nitrogens with one attached hydrogen (secondary N) is 3. The van der Waals surface area contributed by atoms with Gasteiger partial charge in [0.2, 0.25) is 0 Å². The van der Waals surface area contributed by atoms with E-state index in [2.05, 4.69) is 10.6 Å². The zero-order valence-corrected chi connectivity index (χ0v) is 9.94. The summed E-state index contributed by atoms with van der Waals surface area (Å²) in [6.07, 6.45) is 5.67. The Labute approximate surface area is 96.7 Å². The summed E-state index contributed by atoms with van der Waals surface area (Å²) in [5, 5.41) is 13.3. The molecule has 0 heterocycles. The number of carbonyl (C=O) groups is 1. The topological polar surface area (TPSA) is 91.0 Å². The second kappa shape index (κ2) is 5.72. The van der Waals surface area contributed by atoms with Gasteiger partial charge in [-0.25, -0.2) is 4.79 Å². The van der Waals surface area contributed by atoms with E-state index in [-0.39, 0.29) is 11.9 Å². The zero-order valence-electron chi connectivity index (χ0n) is 9.94. The van der Waals surface area contributed by atoms with Crippen LogP contribution in [0, 0.1) is 5.41 Å². The number of amides is 2. The molecule has 1 aliphatic carbocycles. The molecule has 0 spiro atoms. The van der Waals surface area contributed by atoms with Crippen LogP contribution in [0.15, 0.2) is 0 Å². The van der Waals surface area contributed by atoms with Crippen LogP contribution in [0.25, 0.3) is 0 Å². The predicted molar refractivity (Wildman–Crippen MR) is 64.6 cm³/mol. The number of carbonyl (C=O) groups excluding carboxylic acids is 1. The Hall–Kier alpha value is -1.26. The summed E-state index contributed by atoms with van der Waals surface area (Å²) >= 11 is 0. The van der Waals surface area contributed by atoms with E-state index < -0.39 is 5.54 Å². The van der Waals surface area contributed by atoms with Gasteiger partial charge in [0.05, 0.1) is 5.54 Å². The van der Waals surface area contributed by atoms with Crippen molar-refractivity contribution < 1.29 is 4.79 Å². The Balaban J connectivity index is 2.56. The van der Waals surface area contributed by atoms with Gasteiger partial charge in [0.15, 0.2) is 0 Å². The predicted octanol–water partition coefficient (Wildman–Crippen LogP) is 1.33. The summed E-state index contributed by atoms with van der Waals surface area (Å²) in [7, 11) is 0. The van der Waals surface area contributed by atoms with E-state index in [0.717, 1.165) is 38.5 Å². The lowest BCUT2D eigenvalue weighted by Crippen LogP contribution is -2.60. The summed E-state index contributed by atoms with van der Waals surface area (Å²) in [6.45, 7) is 2.65. The molecule has 0 saturated heterocycles.